The van der Waals surface area contributed by atoms with Gasteiger partial charge in [0.25, 0.3) is 0 Å². The van der Waals surface area contributed by atoms with Crippen molar-refractivity contribution < 1.29 is 0 Å². The highest BCUT2D eigenvalue weighted by atomic mass is 15.2. The Balaban J connectivity index is 2.83. The Morgan fingerprint density at radius 2 is 2.06 bits per heavy atom. The second-order valence-corrected chi connectivity index (χ2v) is 4.94. The zero-order valence-corrected chi connectivity index (χ0v) is 11.5. The average Bonchev–Trinajstić information content (AvgIpc) is 2.35. The Morgan fingerprint density at radius 3 is 2.53 bits per heavy atom. The minimum Gasteiger partial charge on any atom is -0.329 e. The van der Waals surface area contributed by atoms with Crippen LogP contribution in [0.25, 0.3) is 0 Å². The summed E-state index contributed by atoms with van der Waals surface area (Å²) >= 11 is 0. The van der Waals surface area contributed by atoms with Gasteiger partial charge in [-0.05, 0) is 37.9 Å². The lowest BCUT2D eigenvalue weighted by Gasteiger charge is -2.39. The highest BCUT2D eigenvalue weighted by Crippen LogP contribution is 2.20. The highest BCUT2D eigenvalue weighted by molar-refractivity contribution is 5.16. The SMILES string of the molecule is CCN(Cc1cncc(C)c1)C(C)(CC)CN. The molecule has 0 aliphatic carbocycles. The molecular weight excluding hydrogens is 210 g/mol. The Morgan fingerprint density at radius 1 is 1.35 bits per heavy atom. The monoisotopic (exact) mass is 235 g/mol. The second kappa shape index (κ2) is 6.12. The number of likely N-dealkylation sites (N-methyl/N-ethyl adjacent to an activating group) is 1. The van der Waals surface area contributed by atoms with Crippen LogP contribution in [0, 0.1) is 6.92 Å². The zero-order chi connectivity index (χ0) is 12.9. The lowest BCUT2D eigenvalue weighted by Crippen LogP contribution is -2.50. The summed E-state index contributed by atoms with van der Waals surface area (Å²) in [5.41, 5.74) is 8.48. The maximum Gasteiger partial charge on any atom is 0.0313 e. The van der Waals surface area contributed by atoms with Crippen molar-refractivity contribution in [2.75, 3.05) is 13.1 Å². The molecule has 0 aliphatic rings. The summed E-state index contributed by atoms with van der Waals surface area (Å²) in [7, 11) is 0. The van der Waals surface area contributed by atoms with Gasteiger partial charge in [0.05, 0.1) is 0 Å². The largest absolute Gasteiger partial charge is 0.329 e. The molecule has 1 rings (SSSR count). The molecule has 3 heteroatoms. The van der Waals surface area contributed by atoms with E-state index in [1.165, 1.54) is 11.1 Å². The highest BCUT2D eigenvalue weighted by Gasteiger charge is 2.27. The van der Waals surface area contributed by atoms with Gasteiger partial charge in [0.15, 0.2) is 0 Å². The molecule has 0 fully saturated rings. The molecule has 1 atom stereocenters. The predicted molar refractivity (Wildman–Crippen MR) is 72.8 cm³/mol. The summed E-state index contributed by atoms with van der Waals surface area (Å²) in [5, 5.41) is 0. The Labute approximate surface area is 105 Å². The van der Waals surface area contributed by atoms with Gasteiger partial charge in [-0.25, -0.2) is 0 Å². The third kappa shape index (κ3) is 3.51. The van der Waals surface area contributed by atoms with Crippen LogP contribution in [0.4, 0.5) is 0 Å². The first kappa shape index (κ1) is 14.1. The number of hydrogen-bond acceptors (Lipinski definition) is 3. The van der Waals surface area contributed by atoms with Gasteiger partial charge in [0.1, 0.15) is 0 Å². The van der Waals surface area contributed by atoms with Crippen LogP contribution in [0.5, 0.6) is 0 Å². The van der Waals surface area contributed by atoms with Gasteiger partial charge in [-0.3, -0.25) is 9.88 Å². The maximum atomic E-state index is 5.92. The first-order valence-corrected chi connectivity index (χ1v) is 6.41. The smallest absolute Gasteiger partial charge is 0.0313 e. The molecular formula is C14H25N3. The molecule has 1 aromatic rings. The number of aryl methyl sites for hydroxylation is 1. The van der Waals surface area contributed by atoms with Crippen molar-refractivity contribution in [3.05, 3.63) is 29.6 Å². The fourth-order valence-electron chi connectivity index (χ4n) is 2.11. The number of nitrogens with two attached hydrogens (primary N) is 1. The number of aromatic nitrogens is 1. The Kier molecular flexibility index (Phi) is 5.09. The minimum atomic E-state index is 0.0818. The summed E-state index contributed by atoms with van der Waals surface area (Å²) in [6, 6.07) is 2.20. The van der Waals surface area contributed by atoms with Crippen molar-refractivity contribution in [2.45, 2.75) is 46.2 Å². The Bertz CT molecular complexity index is 345. The van der Waals surface area contributed by atoms with Gasteiger partial charge in [-0.15, -0.1) is 0 Å². The summed E-state index contributed by atoms with van der Waals surface area (Å²) in [6.45, 7) is 11.3. The van der Waals surface area contributed by atoms with Crippen LogP contribution in [-0.2, 0) is 6.54 Å². The predicted octanol–water partition coefficient (Wildman–Crippen LogP) is 2.34. The van der Waals surface area contributed by atoms with Crippen LogP contribution >= 0.6 is 0 Å². The van der Waals surface area contributed by atoms with Gasteiger partial charge >= 0.3 is 0 Å². The molecule has 0 saturated heterocycles. The quantitative estimate of drug-likeness (QED) is 0.823. The van der Waals surface area contributed by atoms with E-state index in [1.54, 1.807) is 0 Å². The molecule has 17 heavy (non-hydrogen) atoms. The maximum absolute atomic E-state index is 5.92. The van der Waals surface area contributed by atoms with Crippen molar-refractivity contribution >= 4 is 0 Å². The molecule has 1 heterocycles. The van der Waals surface area contributed by atoms with Crippen LogP contribution in [0.3, 0.4) is 0 Å². The number of pyridine rings is 1. The lowest BCUT2D eigenvalue weighted by molar-refractivity contribution is 0.104. The summed E-state index contributed by atoms with van der Waals surface area (Å²) in [5.74, 6) is 0. The summed E-state index contributed by atoms with van der Waals surface area (Å²) < 4.78 is 0. The van der Waals surface area contributed by atoms with E-state index in [4.69, 9.17) is 5.73 Å². The van der Waals surface area contributed by atoms with Crippen molar-refractivity contribution in [1.82, 2.24) is 9.88 Å². The third-order valence-corrected chi connectivity index (χ3v) is 3.65. The first-order valence-electron chi connectivity index (χ1n) is 6.41. The van der Waals surface area contributed by atoms with E-state index in [0.29, 0.717) is 6.54 Å². The molecule has 2 N–H and O–H groups in total. The molecule has 1 unspecified atom stereocenters. The lowest BCUT2D eigenvalue weighted by atomic mass is 9.96. The molecule has 0 saturated carbocycles. The van der Waals surface area contributed by atoms with Gasteiger partial charge in [0.2, 0.25) is 0 Å². The van der Waals surface area contributed by atoms with E-state index in [1.807, 2.05) is 12.4 Å². The van der Waals surface area contributed by atoms with Crippen LogP contribution in [0.2, 0.25) is 0 Å². The van der Waals surface area contributed by atoms with Crippen molar-refractivity contribution in [3.63, 3.8) is 0 Å². The van der Waals surface area contributed by atoms with Crippen molar-refractivity contribution in [2.24, 2.45) is 5.73 Å². The van der Waals surface area contributed by atoms with Crippen molar-refractivity contribution in [3.8, 4) is 0 Å². The van der Waals surface area contributed by atoms with Gasteiger partial charge in [-0.1, -0.05) is 19.9 Å². The number of hydrogen-bond donors (Lipinski definition) is 1. The summed E-state index contributed by atoms with van der Waals surface area (Å²) in [4.78, 5) is 6.68. The average molecular weight is 235 g/mol. The van der Waals surface area contributed by atoms with E-state index in [0.717, 1.165) is 19.5 Å². The van der Waals surface area contributed by atoms with Crippen LogP contribution < -0.4 is 5.73 Å². The molecule has 0 aromatic carbocycles. The molecule has 1 aromatic heterocycles. The molecule has 96 valence electrons. The van der Waals surface area contributed by atoms with E-state index >= 15 is 0 Å². The van der Waals surface area contributed by atoms with E-state index in [9.17, 15) is 0 Å². The topological polar surface area (TPSA) is 42.2 Å². The van der Waals surface area contributed by atoms with Crippen LogP contribution in [-0.4, -0.2) is 28.5 Å². The number of rotatable bonds is 6. The van der Waals surface area contributed by atoms with Gasteiger partial charge < -0.3 is 5.73 Å². The third-order valence-electron chi connectivity index (χ3n) is 3.65. The van der Waals surface area contributed by atoms with Crippen LogP contribution in [0.1, 0.15) is 38.3 Å². The Hall–Kier alpha value is -0.930. The standard InChI is InChI=1S/C14H25N3/c1-5-14(4,11-15)17(6-2)10-13-7-12(3)8-16-9-13/h7-9H,5-6,10-11,15H2,1-4H3. The summed E-state index contributed by atoms with van der Waals surface area (Å²) in [6.07, 6.45) is 4.90. The molecule has 0 spiro atoms. The zero-order valence-electron chi connectivity index (χ0n) is 11.5. The van der Waals surface area contributed by atoms with Crippen molar-refractivity contribution in [1.29, 1.82) is 0 Å². The molecule has 3 nitrogen and oxygen atoms in total. The fourth-order valence-corrected chi connectivity index (χ4v) is 2.11. The molecule has 0 bridgehead atoms. The van der Waals surface area contributed by atoms with E-state index in [-0.39, 0.29) is 5.54 Å². The normalized spacial score (nSPS) is 14.9. The van der Waals surface area contributed by atoms with Gasteiger partial charge in [-0.2, -0.15) is 0 Å². The molecule has 0 amide bonds. The van der Waals surface area contributed by atoms with Crippen LogP contribution in [0.15, 0.2) is 18.5 Å². The van der Waals surface area contributed by atoms with E-state index in [2.05, 4.69) is 43.6 Å². The minimum absolute atomic E-state index is 0.0818. The molecule has 0 aliphatic heterocycles. The molecule has 0 radical (unpaired) electrons. The number of nitrogens with zero attached hydrogens (tertiary/aromatic N) is 2. The van der Waals surface area contributed by atoms with E-state index < -0.39 is 0 Å². The van der Waals surface area contributed by atoms with Gasteiger partial charge in [0, 0.05) is 31.0 Å². The first-order chi connectivity index (χ1) is 8.05. The second-order valence-electron chi connectivity index (χ2n) is 4.94. The fraction of sp³-hybridized carbons (Fsp3) is 0.643.